The number of benzene rings is 2. The molecular formula is C31H30N6O2S. The van der Waals surface area contributed by atoms with Crippen molar-refractivity contribution in [1.82, 2.24) is 24.8 Å². The molecule has 2 aromatic carbocycles. The van der Waals surface area contributed by atoms with Gasteiger partial charge in [0.2, 0.25) is 5.88 Å². The van der Waals surface area contributed by atoms with Gasteiger partial charge in [0, 0.05) is 61.9 Å². The molecule has 0 saturated carbocycles. The van der Waals surface area contributed by atoms with E-state index in [0.29, 0.717) is 23.0 Å². The van der Waals surface area contributed by atoms with Crippen molar-refractivity contribution in [3.63, 3.8) is 0 Å². The number of piperazine rings is 1. The molecule has 0 unspecified atom stereocenters. The van der Waals surface area contributed by atoms with Gasteiger partial charge in [-0.3, -0.25) is 14.7 Å². The van der Waals surface area contributed by atoms with Gasteiger partial charge >= 0.3 is 0 Å². The summed E-state index contributed by atoms with van der Waals surface area (Å²) in [6.07, 6.45) is 3.44. The fourth-order valence-electron chi connectivity index (χ4n) is 4.74. The summed E-state index contributed by atoms with van der Waals surface area (Å²) in [7, 11) is 2.17. The number of hydrogen-bond acceptors (Lipinski definition) is 8. The number of nitrogens with zero attached hydrogens (tertiary/aromatic N) is 5. The first-order valence-electron chi connectivity index (χ1n) is 13.3. The van der Waals surface area contributed by atoms with Crippen LogP contribution in [0, 0.1) is 6.92 Å². The minimum atomic E-state index is -0.198. The lowest BCUT2D eigenvalue weighted by molar-refractivity contribution is 0.102. The average molecular weight is 551 g/mol. The number of aryl methyl sites for hydroxylation is 1. The lowest BCUT2D eigenvalue weighted by Gasteiger charge is -2.32. The van der Waals surface area contributed by atoms with Gasteiger partial charge in [0.25, 0.3) is 5.91 Å². The number of carbonyl (C=O) groups excluding carboxylic acids is 1. The number of likely N-dealkylation sites (N-methyl/N-ethyl adjacent to an activating group) is 1. The monoisotopic (exact) mass is 550 g/mol. The van der Waals surface area contributed by atoms with Crippen molar-refractivity contribution in [2.24, 2.45) is 0 Å². The van der Waals surface area contributed by atoms with Gasteiger partial charge < -0.3 is 15.0 Å². The molecule has 1 aliphatic heterocycles. The molecule has 1 N–H and O–H groups in total. The molecule has 1 amide bonds. The van der Waals surface area contributed by atoms with Gasteiger partial charge in [-0.1, -0.05) is 12.1 Å². The smallest absolute Gasteiger partial charge is 0.255 e. The normalized spacial score (nSPS) is 14.3. The summed E-state index contributed by atoms with van der Waals surface area (Å²) in [4.78, 5) is 31.5. The molecule has 0 aliphatic carbocycles. The van der Waals surface area contributed by atoms with E-state index >= 15 is 0 Å². The van der Waals surface area contributed by atoms with Crippen LogP contribution >= 0.6 is 11.3 Å². The van der Waals surface area contributed by atoms with E-state index in [0.717, 1.165) is 54.2 Å². The Bertz CT molecular complexity index is 1650. The van der Waals surface area contributed by atoms with Crippen LogP contribution in [0.4, 0.5) is 5.69 Å². The second-order valence-corrected chi connectivity index (χ2v) is 10.9. The molecule has 0 atom stereocenters. The number of carbonyl (C=O) groups is 1. The van der Waals surface area contributed by atoms with E-state index in [4.69, 9.17) is 4.74 Å². The maximum atomic E-state index is 13.2. The van der Waals surface area contributed by atoms with Crippen LogP contribution in [0.2, 0.25) is 0 Å². The number of rotatable bonds is 7. The Kier molecular flexibility index (Phi) is 7.50. The van der Waals surface area contributed by atoms with Crippen LogP contribution in [0.15, 0.2) is 78.4 Å². The minimum absolute atomic E-state index is 0.198. The first kappa shape index (κ1) is 26.1. The second-order valence-electron chi connectivity index (χ2n) is 10.0. The van der Waals surface area contributed by atoms with Gasteiger partial charge in [-0.2, -0.15) is 4.98 Å². The second kappa shape index (κ2) is 11.5. The van der Waals surface area contributed by atoms with E-state index in [9.17, 15) is 4.79 Å². The van der Waals surface area contributed by atoms with Crippen molar-refractivity contribution in [3.05, 3.63) is 95.1 Å². The van der Waals surface area contributed by atoms with Crippen LogP contribution in [-0.2, 0) is 6.54 Å². The zero-order chi connectivity index (χ0) is 27.5. The summed E-state index contributed by atoms with van der Waals surface area (Å²) in [5.74, 6) is 1.31. The standard InChI is InChI=1S/C31H30N6O2S/c1-21-17-25(9-8-24(21)20-37-14-12-36(2)13-15-37)33-30(38)22-5-3-7-26(18-22)39-31-28-27(10-16-40-28)34-29(35-31)23-6-4-11-32-19-23/h3-11,16-19H,12-15,20H2,1-2H3,(H,33,38). The maximum Gasteiger partial charge on any atom is 0.255 e. The highest BCUT2D eigenvalue weighted by atomic mass is 32.1. The summed E-state index contributed by atoms with van der Waals surface area (Å²) < 4.78 is 7.06. The Balaban J connectivity index is 1.17. The topological polar surface area (TPSA) is 83.5 Å². The fourth-order valence-corrected chi connectivity index (χ4v) is 5.50. The molecule has 6 rings (SSSR count). The van der Waals surface area contributed by atoms with Crippen LogP contribution in [0.1, 0.15) is 21.5 Å². The highest BCUT2D eigenvalue weighted by molar-refractivity contribution is 7.17. The van der Waals surface area contributed by atoms with Crippen LogP contribution in [-0.4, -0.2) is 63.9 Å². The van der Waals surface area contributed by atoms with Crippen LogP contribution in [0.5, 0.6) is 11.6 Å². The number of aromatic nitrogens is 3. The molecule has 4 heterocycles. The van der Waals surface area contributed by atoms with Gasteiger partial charge in [0.15, 0.2) is 5.82 Å². The van der Waals surface area contributed by atoms with E-state index in [2.05, 4.69) is 50.1 Å². The van der Waals surface area contributed by atoms with Gasteiger partial charge in [-0.05, 0) is 79.0 Å². The largest absolute Gasteiger partial charge is 0.437 e. The molecule has 8 nitrogen and oxygen atoms in total. The number of amides is 1. The van der Waals surface area contributed by atoms with Crippen LogP contribution in [0.25, 0.3) is 21.6 Å². The molecule has 40 heavy (non-hydrogen) atoms. The van der Waals surface area contributed by atoms with Crippen molar-refractivity contribution in [2.75, 3.05) is 38.5 Å². The number of thiophene rings is 1. The van der Waals surface area contributed by atoms with E-state index < -0.39 is 0 Å². The summed E-state index contributed by atoms with van der Waals surface area (Å²) in [6.45, 7) is 7.36. The van der Waals surface area contributed by atoms with Crippen molar-refractivity contribution in [1.29, 1.82) is 0 Å². The highest BCUT2D eigenvalue weighted by Crippen LogP contribution is 2.33. The highest BCUT2D eigenvalue weighted by Gasteiger charge is 2.16. The van der Waals surface area contributed by atoms with E-state index in [1.165, 1.54) is 22.5 Å². The predicted molar refractivity (Wildman–Crippen MR) is 159 cm³/mol. The Morgan fingerprint density at radius 1 is 1.02 bits per heavy atom. The molecule has 1 saturated heterocycles. The van der Waals surface area contributed by atoms with Crippen LogP contribution < -0.4 is 10.1 Å². The number of ether oxygens (including phenoxy) is 1. The Morgan fingerprint density at radius 2 is 1.90 bits per heavy atom. The summed E-state index contributed by atoms with van der Waals surface area (Å²) in [5, 5.41) is 5.00. The van der Waals surface area contributed by atoms with E-state index in [-0.39, 0.29) is 5.91 Å². The third-order valence-corrected chi connectivity index (χ3v) is 7.98. The molecule has 0 radical (unpaired) electrons. The van der Waals surface area contributed by atoms with Gasteiger partial charge in [-0.15, -0.1) is 11.3 Å². The van der Waals surface area contributed by atoms with Crippen molar-refractivity contribution in [3.8, 4) is 23.0 Å². The number of hydrogen-bond donors (Lipinski definition) is 1. The predicted octanol–water partition coefficient (Wildman–Crippen LogP) is 5.85. The molecule has 3 aromatic heterocycles. The molecule has 5 aromatic rings. The third-order valence-electron chi connectivity index (χ3n) is 7.09. The molecule has 9 heteroatoms. The summed E-state index contributed by atoms with van der Waals surface area (Å²) in [6, 6.07) is 19.0. The molecule has 202 valence electrons. The van der Waals surface area contributed by atoms with E-state index in [1.54, 1.807) is 24.5 Å². The minimum Gasteiger partial charge on any atom is -0.437 e. The molecular weight excluding hydrogens is 520 g/mol. The quantitative estimate of drug-likeness (QED) is 0.272. The summed E-state index contributed by atoms with van der Waals surface area (Å²) in [5.41, 5.74) is 5.33. The Morgan fingerprint density at radius 3 is 2.70 bits per heavy atom. The van der Waals surface area contributed by atoms with Gasteiger partial charge in [0.05, 0.1) is 5.52 Å². The zero-order valence-corrected chi connectivity index (χ0v) is 23.3. The zero-order valence-electron chi connectivity index (χ0n) is 22.5. The number of nitrogens with one attached hydrogen (secondary N) is 1. The lowest BCUT2D eigenvalue weighted by Crippen LogP contribution is -2.43. The molecule has 1 fully saturated rings. The maximum absolute atomic E-state index is 13.2. The lowest BCUT2D eigenvalue weighted by atomic mass is 10.1. The Labute approximate surface area is 237 Å². The fraction of sp³-hybridized carbons (Fsp3) is 0.226. The first-order chi connectivity index (χ1) is 19.5. The van der Waals surface area contributed by atoms with E-state index in [1.807, 2.05) is 47.8 Å². The number of pyridine rings is 1. The molecule has 0 spiro atoms. The Hall–Kier alpha value is -4.18. The first-order valence-corrected chi connectivity index (χ1v) is 14.2. The van der Waals surface area contributed by atoms with Gasteiger partial charge in [-0.25, -0.2) is 4.98 Å². The third kappa shape index (κ3) is 5.86. The van der Waals surface area contributed by atoms with Crippen molar-refractivity contribution in [2.45, 2.75) is 13.5 Å². The molecule has 0 bridgehead atoms. The average Bonchev–Trinajstić information content (AvgIpc) is 3.46. The van der Waals surface area contributed by atoms with Crippen LogP contribution in [0.3, 0.4) is 0 Å². The number of fused-ring (bicyclic) bond motifs is 1. The number of anilines is 1. The SMILES string of the molecule is Cc1cc(NC(=O)c2cccc(Oc3nc(-c4cccnc4)nc4ccsc34)c2)ccc1CN1CCN(C)CC1. The van der Waals surface area contributed by atoms with Crippen molar-refractivity contribution >= 4 is 33.1 Å². The molecule has 1 aliphatic rings. The summed E-state index contributed by atoms with van der Waals surface area (Å²) >= 11 is 1.51. The van der Waals surface area contributed by atoms with Crippen molar-refractivity contribution < 1.29 is 9.53 Å². The van der Waals surface area contributed by atoms with Gasteiger partial charge in [0.1, 0.15) is 10.4 Å².